The molecule has 0 atom stereocenters. The Bertz CT molecular complexity index is 1070. The molecule has 1 saturated heterocycles. The van der Waals surface area contributed by atoms with Crippen molar-refractivity contribution in [3.05, 3.63) is 69.6 Å². The van der Waals surface area contributed by atoms with E-state index in [1.54, 1.807) is 25.3 Å². The lowest BCUT2D eigenvalue weighted by atomic mass is 10.0. The van der Waals surface area contributed by atoms with Crippen molar-refractivity contribution in [3.63, 3.8) is 0 Å². The highest BCUT2D eigenvalue weighted by molar-refractivity contribution is 5.90. The summed E-state index contributed by atoms with van der Waals surface area (Å²) in [6, 6.07) is 14.1. The average Bonchev–Trinajstić information content (AvgIpc) is 2.71. The van der Waals surface area contributed by atoms with E-state index in [9.17, 15) is 4.79 Å². The molecule has 2 heterocycles. The van der Waals surface area contributed by atoms with Gasteiger partial charge in [0.15, 0.2) is 0 Å². The first kappa shape index (κ1) is 19.5. The lowest BCUT2D eigenvalue weighted by Crippen LogP contribution is -2.38. The molecule has 0 spiro atoms. The molecule has 1 N–H and O–H groups in total. The molecule has 0 bridgehead atoms. The summed E-state index contributed by atoms with van der Waals surface area (Å²) in [6.07, 6.45) is 2.08. The Morgan fingerprint density at radius 2 is 1.90 bits per heavy atom. The van der Waals surface area contributed by atoms with Crippen molar-refractivity contribution in [1.29, 1.82) is 0 Å². The predicted molar refractivity (Wildman–Crippen MR) is 117 cm³/mol. The third-order valence-electron chi connectivity index (χ3n) is 5.79. The van der Waals surface area contributed by atoms with Crippen LogP contribution in [-0.2, 0) is 6.54 Å². The molecule has 29 heavy (non-hydrogen) atoms. The number of anilines is 1. The van der Waals surface area contributed by atoms with E-state index < -0.39 is 0 Å². The molecule has 5 heteroatoms. The van der Waals surface area contributed by atoms with Gasteiger partial charge in [-0.3, -0.25) is 4.90 Å². The monoisotopic (exact) mass is 392 g/mol. The summed E-state index contributed by atoms with van der Waals surface area (Å²) in [5, 5.41) is 4.45. The van der Waals surface area contributed by atoms with Gasteiger partial charge in [-0.25, -0.2) is 4.79 Å². The van der Waals surface area contributed by atoms with Gasteiger partial charge in [0.2, 0.25) is 0 Å². The smallest absolute Gasteiger partial charge is 0.338 e. The number of piperidine rings is 1. The highest BCUT2D eigenvalue weighted by atomic mass is 16.5. The molecule has 4 rings (SSSR count). The number of methoxy groups -OCH3 is 1. The first-order valence-electron chi connectivity index (χ1n) is 10.2. The van der Waals surface area contributed by atoms with Crippen molar-refractivity contribution in [2.24, 2.45) is 0 Å². The van der Waals surface area contributed by atoms with Crippen molar-refractivity contribution >= 4 is 16.7 Å². The van der Waals surface area contributed by atoms with Crippen LogP contribution in [0.1, 0.15) is 29.5 Å². The molecule has 5 nitrogen and oxygen atoms in total. The van der Waals surface area contributed by atoms with E-state index in [0.717, 1.165) is 49.3 Å². The number of nitrogens with zero attached hydrogens (tertiary/aromatic N) is 1. The van der Waals surface area contributed by atoms with Gasteiger partial charge in [0.25, 0.3) is 0 Å². The maximum Gasteiger partial charge on any atom is 0.338 e. The minimum atomic E-state index is -0.336. The number of ether oxygens (including phenoxy) is 1. The van der Waals surface area contributed by atoms with E-state index in [2.05, 4.69) is 42.3 Å². The first-order valence-corrected chi connectivity index (χ1v) is 10.2. The summed E-state index contributed by atoms with van der Waals surface area (Å²) in [5.74, 6) is 0.748. The number of nitrogens with one attached hydrogen (secondary N) is 1. The average molecular weight is 392 g/mol. The molecule has 0 unspecified atom stereocenters. The molecule has 1 aliphatic heterocycles. The van der Waals surface area contributed by atoms with Gasteiger partial charge in [-0.05, 0) is 56.0 Å². The normalized spacial score (nSPS) is 15.6. The summed E-state index contributed by atoms with van der Waals surface area (Å²) >= 11 is 0. The van der Waals surface area contributed by atoms with Crippen LogP contribution in [0, 0.1) is 13.8 Å². The fourth-order valence-electron chi connectivity index (χ4n) is 4.11. The molecule has 2 aromatic carbocycles. The molecule has 3 aromatic rings. The van der Waals surface area contributed by atoms with Crippen LogP contribution >= 0.6 is 0 Å². The van der Waals surface area contributed by atoms with Gasteiger partial charge in [-0.1, -0.05) is 23.8 Å². The van der Waals surface area contributed by atoms with Crippen LogP contribution in [0.2, 0.25) is 0 Å². The quantitative estimate of drug-likeness (QED) is 0.648. The van der Waals surface area contributed by atoms with Crippen molar-refractivity contribution in [3.8, 4) is 5.75 Å². The third-order valence-corrected chi connectivity index (χ3v) is 5.79. The van der Waals surface area contributed by atoms with Gasteiger partial charge >= 0.3 is 5.63 Å². The minimum Gasteiger partial charge on any atom is -0.497 e. The molecule has 1 aromatic heterocycles. The molecule has 0 radical (unpaired) electrons. The number of rotatable bonds is 5. The van der Waals surface area contributed by atoms with Gasteiger partial charge < -0.3 is 14.5 Å². The zero-order valence-corrected chi connectivity index (χ0v) is 17.3. The Balaban J connectivity index is 1.44. The second kappa shape index (κ2) is 8.29. The predicted octanol–water partition coefficient (Wildman–Crippen LogP) is 4.49. The van der Waals surface area contributed by atoms with Crippen molar-refractivity contribution in [1.82, 2.24) is 4.90 Å². The summed E-state index contributed by atoms with van der Waals surface area (Å²) in [4.78, 5) is 14.5. The Hall–Kier alpha value is -2.79. The number of likely N-dealkylation sites (tertiary alicyclic amines) is 1. The van der Waals surface area contributed by atoms with Crippen molar-refractivity contribution in [2.75, 3.05) is 25.5 Å². The Morgan fingerprint density at radius 3 is 2.62 bits per heavy atom. The van der Waals surface area contributed by atoms with Crippen molar-refractivity contribution in [2.45, 2.75) is 39.3 Å². The lowest BCUT2D eigenvalue weighted by Gasteiger charge is -2.33. The summed E-state index contributed by atoms with van der Waals surface area (Å²) < 4.78 is 10.7. The van der Waals surface area contributed by atoms with E-state index in [4.69, 9.17) is 9.15 Å². The second-order valence-electron chi connectivity index (χ2n) is 7.97. The number of aryl methyl sites for hydroxylation is 2. The Kier molecular flexibility index (Phi) is 5.58. The largest absolute Gasteiger partial charge is 0.497 e. The fourth-order valence-corrected chi connectivity index (χ4v) is 4.11. The standard InChI is InChI=1S/C24H28N2O3/c1-16-4-5-18(17(2)12-16)15-26-10-8-19(9-11-26)25-22-14-24(27)29-23-7-6-20(28-3)13-21(22)23/h4-7,12-14,19,25H,8-11,15H2,1-3H3. The van der Waals surface area contributed by atoms with Crippen LogP contribution in [0.4, 0.5) is 5.69 Å². The van der Waals surface area contributed by atoms with Gasteiger partial charge in [0.1, 0.15) is 11.3 Å². The maximum absolute atomic E-state index is 12.0. The van der Waals surface area contributed by atoms with Gasteiger partial charge in [-0.2, -0.15) is 0 Å². The minimum absolute atomic E-state index is 0.335. The first-order chi connectivity index (χ1) is 14.0. The van der Waals surface area contributed by atoms with Gasteiger partial charge in [-0.15, -0.1) is 0 Å². The maximum atomic E-state index is 12.0. The second-order valence-corrected chi connectivity index (χ2v) is 7.97. The highest BCUT2D eigenvalue weighted by Gasteiger charge is 2.20. The zero-order valence-electron chi connectivity index (χ0n) is 17.3. The molecule has 0 saturated carbocycles. The summed E-state index contributed by atoms with van der Waals surface area (Å²) in [6.45, 7) is 7.39. The Labute approximate surface area is 171 Å². The van der Waals surface area contributed by atoms with Crippen LogP contribution in [0.3, 0.4) is 0 Å². The van der Waals surface area contributed by atoms with Crippen LogP contribution in [0.15, 0.2) is 51.7 Å². The number of hydrogen-bond donors (Lipinski definition) is 1. The Morgan fingerprint density at radius 1 is 1.10 bits per heavy atom. The summed E-state index contributed by atoms with van der Waals surface area (Å²) in [7, 11) is 1.64. The molecular formula is C24H28N2O3. The molecule has 0 amide bonds. The summed E-state index contributed by atoms with van der Waals surface area (Å²) in [5.41, 5.74) is 5.14. The zero-order chi connectivity index (χ0) is 20.4. The molecule has 152 valence electrons. The van der Waals surface area contributed by atoms with E-state index >= 15 is 0 Å². The van der Waals surface area contributed by atoms with Crippen LogP contribution < -0.4 is 15.7 Å². The highest BCUT2D eigenvalue weighted by Crippen LogP contribution is 2.28. The van der Waals surface area contributed by atoms with Gasteiger partial charge in [0.05, 0.1) is 12.8 Å². The van der Waals surface area contributed by atoms with E-state index in [1.165, 1.54) is 16.7 Å². The number of hydrogen-bond acceptors (Lipinski definition) is 5. The van der Waals surface area contributed by atoms with Crippen LogP contribution in [-0.4, -0.2) is 31.1 Å². The molecule has 0 aliphatic carbocycles. The molecule has 1 fully saturated rings. The fraction of sp³-hybridized carbons (Fsp3) is 0.375. The van der Waals surface area contributed by atoms with Crippen LogP contribution in [0.25, 0.3) is 11.0 Å². The molecule has 1 aliphatic rings. The van der Waals surface area contributed by atoms with Gasteiger partial charge in [0, 0.05) is 37.1 Å². The van der Waals surface area contributed by atoms with E-state index in [1.807, 2.05) is 6.07 Å². The topological polar surface area (TPSA) is 54.7 Å². The lowest BCUT2D eigenvalue weighted by molar-refractivity contribution is 0.211. The van der Waals surface area contributed by atoms with E-state index in [0.29, 0.717) is 11.6 Å². The van der Waals surface area contributed by atoms with Crippen LogP contribution in [0.5, 0.6) is 5.75 Å². The number of fused-ring (bicyclic) bond motifs is 1. The SMILES string of the molecule is COc1ccc2oc(=O)cc(NC3CCN(Cc4ccc(C)cc4C)CC3)c2c1. The van der Waals surface area contributed by atoms with Crippen molar-refractivity contribution < 1.29 is 9.15 Å². The molecular weight excluding hydrogens is 364 g/mol. The number of benzene rings is 2. The van der Waals surface area contributed by atoms with E-state index in [-0.39, 0.29) is 5.63 Å². The third kappa shape index (κ3) is 4.46.